The second-order valence-corrected chi connectivity index (χ2v) is 11.0. The molecule has 0 N–H and O–H groups in total. The summed E-state index contributed by atoms with van der Waals surface area (Å²) in [5, 5.41) is 2.27. The van der Waals surface area contributed by atoms with Crippen molar-refractivity contribution in [2.24, 2.45) is 0 Å². The van der Waals surface area contributed by atoms with Crippen molar-refractivity contribution in [3.63, 3.8) is 0 Å². The predicted molar refractivity (Wildman–Crippen MR) is 185 cm³/mol. The van der Waals surface area contributed by atoms with Gasteiger partial charge >= 0.3 is 0 Å². The van der Waals surface area contributed by atoms with Gasteiger partial charge in [0.2, 0.25) is 0 Å². The van der Waals surface area contributed by atoms with Crippen LogP contribution in [0.25, 0.3) is 55.3 Å². The van der Waals surface area contributed by atoms with E-state index in [1.54, 1.807) is 0 Å². The Labute approximate surface area is 257 Å². The van der Waals surface area contributed by atoms with Gasteiger partial charge in [-0.1, -0.05) is 133 Å². The van der Waals surface area contributed by atoms with Crippen LogP contribution >= 0.6 is 0 Å². The van der Waals surface area contributed by atoms with Gasteiger partial charge in [0, 0.05) is 39.0 Å². The maximum Gasteiger partial charge on any atom is 0.143 e. The van der Waals surface area contributed by atoms with Crippen LogP contribution in [0.15, 0.2) is 180 Å². The average molecular weight is 564 g/mol. The fourth-order valence-corrected chi connectivity index (χ4v) is 6.16. The number of rotatable bonds is 6. The number of benzene rings is 7. The summed E-state index contributed by atoms with van der Waals surface area (Å²) in [6.45, 7) is 0. The summed E-state index contributed by atoms with van der Waals surface area (Å²) < 4.78 is 6.69. The minimum absolute atomic E-state index is 0.916. The molecule has 0 aliphatic rings. The number of hydrogen-bond donors (Lipinski definition) is 0. The van der Waals surface area contributed by atoms with E-state index in [9.17, 15) is 0 Å². The molecule has 208 valence electrons. The van der Waals surface area contributed by atoms with E-state index < -0.39 is 0 Å². The number of hydrogen-bond acceptors (Lipinski definition) is 2. The largest absolute Gasteiger partial charge is 0.455 e. The first-order valence-corrected chi connectivity index (χ1v) is 14.9. The van der Waals surface area contributed by atoms with E-state index in [0.717, 1.165) is 66.8 Å². The Morgan fingerprint density at radius 1 is 0.318 bits per heavy atom. The zero-order chi connectivity index (χ0) is 29.3. The van der Waals surface area contributed by atoms with Crippen molar-refractivity contribution < 1.29 is 4.42 Å². The second-order valence-electron chi connectivity index (χ2n) is 11.0. The molecule has 0 radical (unpaired) electrons. The van der Waals surface area contributed by atoms with Crippen LogP contribution in [0.2, 0.25) is 0 Å². The Morgan fingerprint density at radius 3 is 1.36 bits per heavy atom. The molecule has 8 rings (SSSR count). The van der Waals surface area contributed by atoms with Crippen molar-refractivity contribution in [2.45, 2.75) is 0 Å². The molecular weight excluding hydrogens is 534 g/mol. The lowest BCUT2D eigenvalue weighted by Gasteiger charge is -2.25. The van der Waals surface area contributed by atoms with E-state index >= 15 is 0 Å². The van der Waals surface area contributed by atoms with Gasteiger partial charge in [-0.3, -0.25) is 0 Å². The molecule has 1 aromatic heterocycles. The van der Waals surface area contributed by atoms with Gasteiger partial charge in [-0.25, -0.2) is 0 Å². The third-order valence-corrected chi connectivity index (χ3v) is 8.27. The molecule has 0 atom stereocenters. The van der Waals surface area contributed by atoms with Crippen molar-refractivity contribution in [1.82, 2.24) is 0 Å². The molecule has 0 aliphatic heterocycles. The molecule has 0 aliphatic carbocycles. The van der Waals surface area contributed by atoms with Gasteiger partial charge in [0.25, 0.3) is 0 Å². The van der Waals surface area contributed by atoms with Gasteiger partial charge in [0.15, 0.2) is 0 Å². The standard InChI is InChI=1S/C42H29NO/c1-4-13-31(14-5-1)37-21-11-23-39-40-24-12-22-38(42(40)44-41(37)39)33-16-10-15-32(29-33)30-25-27-36(28-26-30)43(34-17-6-2-7-18-34)35-19-8-3-9-20-35/h1-29H. The van der Waals surface area contributed by atoms with Crippen LogP contribution in [-0.2, 0) is 0 Å². The SMILES string of the molecule is c1ccc(-c2cccc3c2oc2c(-c4cccc(-c5ccc(N(c6ccccc6)c6ccccc6)cc5)c4)cccc23)cc1. The number of anilines is 3. The van der Waals surface area contributed by atoms with E-state index in [4.69, 9.17) is 4.42 Å². The minimum atomic E-state index is 0.916. The lowest BCUT2D eigenvalue weighted by molar-refractivity contribution is 0.671. The monoisotopic (exact) mass is 563 g/mol. The number of furan rings is 1. The van der Waals surface area contributed by atoms with Gasteiger partial charge in [-0.05, 0) is 64.7 Å². The van der Waals surface area contributed by atoms with Crippen LogP contribution in [0.3, 0.4) is 0 Å². The maximum atomic E-state index is 6.69. The summed E-state index contributed by atoms with van der Waals surface area (Å²) >= 11 is 0. The lowest BCUT2D eigenvalue weighted by Crippen LogP contribution is -2.09. The van der Waals surface area contributed by atoms with Gasteiger partial charge in [-0.2, -0.15) is 0 Å². The van der Waals surface area contributed by atoms with Gasteiger partial charge in [-0.15, -0.1) is 0 Å². The quantitative estimate of drug-likeness (QED) is 0.200. The molecule has 8 aromatic rings. The van der Waals surface area contributed by atoms with Crippen molar-refractivity contribution in [3.8, 4) is 33.4 Å². The van der Waals surface area contributed by atoms with E-state index in [2.05, 4.69) is 175 Å². The normalized spacial score (nSPS) is 11.2. The first-order chi connectivity index (χ1) is 21.8. The van der Waals surface area contributed by atoms with Crippen LogP contribution in [0.4, 0.5) is 17.1 Å². The Bertz CT molecular complexity index is 2160. The molecule has 1 heterocycles. The number of nitrogens with zero attached hydrogens (tertiary/aromatic N) is 1. The topological polar surface area (TPSA) is 16.4 Å². The third kappa shape index (κ3) is 4.63. The summed E-state index contributed by atoms with van der Waals surface area (Å²) in [6, 6.07) is 61.9. The molecule has 0 unspecified atom stereocenters. The van der Waals surface area contributed by atoms with Crippen molar-refractivity contribution in [1.29, 1.82) is 0 Å². The van der Waals surface area contributed by atoms with Gasteiger partial charge in [0.05, 0.1) is 0 Å². The number of fused-ring (bicyclic) bond motifs is 3. The lowest BCUT2D eigenvalue weighted by atomic mass is 9.97. The van der Waals surface area contributed by atoms with Crippen LogP contribution in [-0.4, -0.2) is 0 Å². The summed E-state index contributed by atoms with van der Waals surface area (Å²) in [5.41, 5.74) is 12.0. The Kier molecular flexibility index (Phi) is 6.51. The van der Waals surface area contributed by atoms with Crippen LogP contribution in [0.5, 0.6) is 0 Å². The van der Waals surface area contributed by atoms with E-state index in [1.807, 2.05) is 6.07 Å². The zero-order valence-corrected chi connectivity index (χ0v) is 24.1. The third-order valence-electron chi connectivity index (χ3n) is 8.27. The smallest absolute Gasteiger partial charge is 0.143 e. The number of para-hydroxylation sites is 4. The molecule has 0 spiro atoms. The first kappa shape index (κ1) is 25.8. The molecular formula is C42H29NO. The minimum Gasteiger partial charge on any atom is -0.455 e. The Morgan fingerprint density at radius 2 is 0.773 bits per heavy atom. The maximum absolute atomic E-state index is 6.69. The van der Waals surface area contributed by atoms with E-state index in [1.165, 1.54) is 5.56 Å². The van der Waals surface area contributed by atoms with Crippen LogP contribution < -0.4 is 4.90 Å². The molecule has 0 amide bonds. The van der Waals surface area contributed by atoms with Crippen molar-refractivity contribution in [2.75, 3.05) is 4.90 Å². The highest BCUT2D eigenvalue weighted by Crippen LogP contribution is 2.41. The fourth-order valence-electron chi connectivity index (χ4n) is 6.16. The van der Waals surface area contributed by atoms with Gasteiger partial charge < -0.3 is 9.32 Å². The zero-order valence-electron chi connectivity index (χ0n) is 24.1. The van der Waals surface area contributed by atoms with Crippen molar-refractivity contribution >= 4 is 39.0 Å². The van der Waals surface area contributed by atoms with E-state index in [-0.39, 0.29) is 0 Å². The highest BCUT2D eigenvalue weighted by Gasteiger charge is 2.16. The highest BCUT2D eigenvalue weighted by molar-refractivity contribution is 6.13. The summed E-state index contributed by atoms with van der Waals surface area (Å²) in [7, 11) is 0. The Balaban J connectivity index is 1.18. The fraction of sp³-hybridized carbons (Fsp3) is 0. The first-order valence-electron chi connectivity index (χ1n) is 14.9. The molecule has 2 heteroatoms. The van der Waals surface area contributed by atoms with Crippen molar-refractivity contribution in [3.05, 3.63) is 176 Å². The molecule has 0 fully saturated rings. The molecule has 0 saturated carbocycles. The highest BCUT2D eigenvalue weighted by atomic mass is 16.3. The van der Waals surface area contributed by atoms with Crippen LogP contribution in [0.1, 0.15) is 0 Å². The summed E-state index contributed by atoms with van der Waals surface area (Å²) in [4.78, 5) is 2.28. The predicted octanol–water partition coefficient (Wildman–Crippen LogP) is 12.1. The molecule has 0 bridgehead atoms. The molecule has 0 saturated heterocycles. The van der Waals surface area contributed by atoms with Gasteiger partial charge in [0.1, 0.15) is 11.2 Å². The molecule has 7 aromatic carbocycles. The second kappa shape index (κ2) is 11.1. The van der Waals surface area contributed by atoms with E-state index in [0.29, 0.717) is 0 Å². The summed E-state index contributed by atoms with van der Waals surface area (Å²) in [5.74, 6) is 0. The summed E-state index contributed by atoms with van der Waals surface area (Å²) in [6.07, 6.45) is 0. The molecule has 44 heavy (non-hydrogen) atoms. The Hall–Kier alpha value is -5.86. The average Bonchev–Trinajstić information content (AvgIpc) is 3.49. The molecule has 2 nitrogen and oxygen atoms in total. The van der Waals surface area contributed by atoms with Crippen LogP contribution in [0, 0.1) is 0 Å².